The summed E-state index contributed by atoms with van der Waals surface area (Å²) in [4.78, 5) is 24.3. The van der Waals surface area contributed by atoms with Gasteiger partial charge in [0.2, 0.25) is 0 Å². The van der Waals surface area contributed by atoms with Gasteiger partial charge in [0.05, 0.1) is 17.0 Å². The molecule has 172 valence electrons. The first-order valence-electron chi connectivity index (χ1n) is 11.7. The molecule has 1 heterocycles. The molecule has 0 bridgehead atoms. The number of hydrogen-bond acceptors (Lipinski definition) is 2. The fourth-order valence-corrected chi connectivity index (χ4v) is 5.98. The highest BCUT2D eigenvalue weighted by atomic mass is 19.1. The summed E-state index contributed by atoms with van der Waals surface area (Å²) in [7, 11) is 0. The third kappa shape index (κ3) is 3.45. The highest BCUT2D eigenvalue weighted by molar-refractivity contribution is 6.06. The summed E-state index contributed by atoms with van der Waals surface area (Å²) in [5.41, 5.74) is 2.20. The number of halogens is 1. The number of benzene rings is 3. The Bertz CT molecular complexity index is 1440. The van der Waals surface area contributed by atoms with Crippen LogP contribution in [0.3, 0.4) is 0 Å². The molecule has 1 aromatic heterocycles. The first kappa shape index (κ1) is 20.9. The number of rotatable bonds is 5. The van der Waals surface area contributed by atoms with E-state index in [9.17, 15) is 14.0 Å². The van der Waals surface area contributed by atoms with Gasteiger partial charge < -0.3 is 15.0 Å². The van der Waals surface area contributed by atoms with Crippen LogP contribution in [0.15, 0.2) is 66.9 Å². The van der Waals surface area contributed by atoms with Gasteiger partial charge in [0, 0.05) is 24.2 Å². The Labute approximate surface area is 196 Å². The number of carbonyl (C=O) groups is 2. The molecule has 6 heteroatoms. The van der Waals surface area contributed by atoms with Gasteiger partial charge >= 0.3 is 5.97 Å². The summed E-state index contributed by atoms with van der Waals surface area (Å²) in [5, 5.41) is 15.0. The van der Waals surface area contributed by atoms with E-state index in [2.05, 4.69) is 35.6 Å². The van der Waals surface area contributed by atoms with Crippen molar-refractivity contribution in [1.82, 2.24) is 9.88 Å². The number of fused-ring (bicyclic) bond motifs is 2. The number of hydrogen-bond donors (Lipinski definition) is 2. The normalized spacial score (nSPS) is 23.6. The van der Waals surface area contributed by atoms with Crippen molar-refractivity contribution in [1.29, 1.82) is 0 Å². The molecule has 6 rings (SSSR count). The average Bonchev–Trinajstić information content (AvgIpc) is 3.18. The third-order valence-corrected chi connectivity index (χ3v) is 7.69. The zero-order valence-corrected chi connectivity index (χ0v) is 18.6. The van der Waals surface area contributed by atoms with E-state index in [1.807, 2.05) is 22.9 Å². The van der Waals surface area contributed by atoms with Gasteiger partial charge in [0.25, 0.3) is 5.91 Å². The number of carboxylic acid groups (broad SMARTS) is 1. The summed E-state index contributed by atoms with van der Waals surface area (Å²) in [5.74, 6) is -1.52. The predicted octanol–water partition coefficient (Wildman–Crippen LogP) is 5.36. The van der Waals surface area contributed by atoms with Gasteiger partial charge in [-0.15, -0.1) is 0 Å². The Kier molecular flexibility index (Phi) is 4.73. The van der Waals surface area contributed by atoms with Crippen LogP contribution in [-0.4, -0.2) is 27.6 Å². The molecule has 0 saturated heterocycles. The number of nitrogens with one attached hydrogen (secondary N) is 1. The molecule has 0 radical (unpaired) electrons. The molecule has 2 aliphatic rings. The summed E-state index contributed by atoms with van der Waals surface area (Å²) in [6.45, 7) is 0.529. The van der Waals surface area contributed by atoms with Crippen LogP contribution >= 0.6 is 0 Å². The minimum absolute atomic E-state index is 0.0336. The van der Waals surface area contributed by atoms with Crippen LogP contribution in [0.4, 0.5) is 4.39 Å². The summed E-state index contributed by atoms with van der Waals surface area (Å²) >= 11 is 0. The van der Waals surface area contributed by atoms with Crippen LogP contribution in [-0.2, 0) is 11.3 Å². The van der Waals surface area contributed by atoms with E-state index < -0.39 is 5.97 Å². The number of carbonyl (C=O) groups excluding carboxylic acids is 1. The molecule has 3 aromatic carbocycles. The summed E-state index contributed by atoms with van der Waals surface area (Å²) in [6, 6.07) is 19.1. The van der Waals surface area contributed by atoms with Crippen molar-refractivity contribution < 1.29 is 19.1 Å². The zero-order valence-electron chi connectivity index (χ0n) is 18.6. The van der Waals surface area contributed by atoms with E-state index in [1.165, 1.54) is 6.07 Å². The number of amides is 1. The maximum Gasteiger partial charge on any atom is 0.306 e. The molecule has 1 spiro atoms. The summed E-state index contributed by atoms with van der Waals surface area (Å²) in [6.07, 6.45) is 4.85. The van der Waals surface area contributed by atoms with Crippen molar-refractivity contribution in [3.05, 3.63) is 83.8 Å². The van der Waals surface area contributed by atoms with Crippen molar-refractivity contribution in [2.45, 2.75) is 38.3 Å². The van der Waals surface area contributed by atoms with Gasteiger partial charge in [-0.05, 0) is 71.7 Å². The van der Waals surface area contributed by atoms with Crippen LogP contribution in [0.25, 0.3) is 21.7 Å². The Morgan fingerprint density at radius 1 is 1.00 bits per heavy atom. The maximum absolute atomic E-state index is 14.6. The molecule has 2 aliphatic carbocycles. The molecule has 2 N–H and O–H groups in total. The Hall–Kier alpha value is -3.67. The fraction of sp³-hybridized carbons (Fsp3) is 0.286. The van der Waals surface area contributed by atoms with Crippen LogP contribution in [0, 0.1) is 17.2 Å². The molecule has 0 atom stereocenters. The van der Waals surface area contributed by atoms with Gasteiger partial charge in [0.15, 0.2) is 0 Å². The number of aromatic nitrogens is 1. The lowest BCUT2D eigenvalue weighted by atomic mass is 9.50. The predicted molar refractivity (Wildman–Crippen MR) is 128 cm³/mol. The second-order valence-electron chi connectivity index (χ2n) is 10.0. The van der Waals surface area contributed by atoms with Crippen molar-refractivity contribution >= 4 is 33.6 Å². The molecule has 5 nitrogen and oxygen atoms in total. The molecule has 2 fully saturated rings. The van der Waals surface area contributed by atoms with Gasteiger partial charge in [-0.1, -0.05) is 36.4 Å². The molecule has 0 aliphatic heterocycles. The van der Waals surface area contributed by atoms with Crippen LogP contribution in [0.5, 0.6) is 0 Å². The van der Waals surface area contributed by atoms with Gasteiger partial charge in [-0.25, -0.2) is 4.39 Å². The van der Waals surface area contributed by atoms with Crippen molar-refractivity contribution in [3.8, 4) is 0 Å². The standard InChI is InChI=1S/C28H25FN2O3/c29-24-8-7-23(26(32)30-21-14-28(15-21)12-20(13-28)27(33)34)25-22(24)9-10-31(25)16-17-5-6-18-3-1-2-4-19(18)11-17/h1-11,20-21H,12-16H2,(H,30,32)(H,33,34). The minimum Gasteiger partial charge on any atom is -0.481 e. The molecule has 34 heavy (non-hydrogen) atoms. The summed E-state index contributed by atoms with van der Waals surface area (Å²) < 4.78 is 16.5. The monoisotopic (exact) mass is 456 g/mol. The Morgan fingerprint density at radius 3 is 2.53 bits per heavy atom. The molecule has 4 aromatic rings. The van der Waals surface area contributed by atoms with E-state index in [0.29, 0.717) is 35.9 Å². The topological polar surface area (TPSA) is 71.3 Å². The lowest BCUT2D eigenvalue weighted by Crippen LogP contribution is -2.57. The number of nitrogens with zero attached hydrogens (tertiary/aromatic N) is 1. The van der Waals surface area contributed by atoms with Gasteiger partial charge in [-0.3, -0.25) is 9.59 Å². The molecule has 1 amide bonds. The molecule has 2 saturated carbocycles. The second-order valence-corrected chi connectivity index (χ2v) is 10.0. The second kappa shape index (κ2) is 7.69. The lowest BCUT2D eigenvalue weighted by Gasteiger charge is -2.56. The number of carboxylic acids is 1. The third-order valence-electron chi connectivity index (χ3n) is 7.69. The quantitative estimate of drug-likeness (QED) is 0.425. The largest absolute Gasteiger partial charge is 0.481 e. The molecule has 0 unspecified atom stereocenters. The van der Waals surface area contributed by atoms with Crippen LogP contribution in [0.2, 0.25) is 0 Å². The SMILES string of the molecule is O=C(NC1CC2(C1)CC(C(=O)O)C2)c1ccc(F)c2ccn(Cc3ccc4ccccc4c3)c12. The fourth-order valence-electron chi connectivity index (χ4n) is 5.98. The van der Waals surface area contributed by atoms with E-state index >= 15 is 0 Å². The van der Waals surface area contributed by atoms with Crippen LogP contribution < -0.4 is 5.32 Å². The van der Waals surface area contributed by atoms with Crippen molar-refractivity contribution in [2.24, 2.45) is 11.3 Å². The van der Waals surface area contributed by atoms with E-state index in [4.69, 9.17) is 5.11 Å². The van der Waals surface area contributed by atoms with Crippen molar-refractivity contribution in [3.63, 3.8) is 0 Å². The van der Waals surface area contributed by atoms with Gasteiger partial charge in [0.1, 0.15) is 5.82 Å². The van der Waals surface area contributed by atoms with E-state index in [-0.39, 0.29) is 29.1 Å². The molecular weight excluding hydrogens is 431 g/mol. The van der Waals surface area contributed by atoms with Gasteiger partial charge in [-0.2, -0.15) is 0 Å². The minimum atomic E-state index is -0.723. The van der Waals surface area contributed by atoms with E-state index in [0.717, 1.165) is 29.2 Å². The smallest absolute Gasteiger partial charge is 0.306 e. The van der Waals surface area contributed by atoms with Crippen molar-refractivity contribution in [2.75, 3.05) is 0 Å². The Morgan fingerprint density at radius 2 is 1.76 bits per heavy atom. The zero-order chi connectivity index (χ0) is 23.4. The first-order valence-corrected chi connectivity index (χ1v) is 11.7. The first-order chi connectivity index (χ1) is 16.4. The van der Waals surface area contributed by atoms with E-state index in [1.54, 1.807) is 12.1 Å². The maximum atomic E-state index is 14.6. The lowest BCUT2D eigenvalue weighted by molar-refractivity contribution is -0.155. The van der Waals surface area contributed by atoms with Crippen LogP contribution in [0.1, 0.15) is 41.6 Å². The Balaban J connectivity index is 1.23. The average molecular weight is 457 g/mol. The number of aliphatic carboxylic acids is 1. The highest BCUT2D eigenvalue weighted by Gasteiger charge is 2.55. The molecular formula is C28H25FN2O3. The highest BCUT2D eigenvalue weighted by Crippen LogP contribution is 2.58.